The van der Waals surface area contributed by atoms with E-state index in [9.17, 15) is 4.79 Å². The zero-order valence-electron chi connectivity index (χ0n) is 13.4. The van der Waals surface area contributed by atoms with Crippen molar-refractivity contribution in [2.24, 2.45) is 4.99 Å². The molecule has 4 nitrogen and oxygen atoms in total. The Hall–Kier alpha value is -3.14. The van der Waals surface area contributed by atoms with Gasteiger partial charge in [0.05, 0.1) is 17.9 Å². The second kappa shape index (κ2) is 7.42. The molecule has 24 heavy (non-hydrogen) atoms. The van der Waals surface area contributed by atoms with E-state index in [1.165, 1.54) is 0 Å². The minimum absolute atomic E-state index is 0.312. The molecule has 0 aliphatic rings. The van der Waals surface area contributed by atoms with Crippen molar-refractivity contribution in [1.82, 2.24) is 4.57 Å². The summed E-state index contributed by atoms with van der Waals surface area (Å²) >= 11 is 0. The Kier molecular flexibility index (Phi) is 4.87. The van der Waals surface area contributed by atoms with Gasteiger partial charge in [-0.05, 0) is 49.4 Å². The molecule has 0 bridgehead atoms. The first-order valence-corrected chi connectivity index (χ1v) is 7.81. The fourth-order valence-corrected chi connectivity index (χ4v) is 2.30. The van der Waals surface area contributed by atoms with Crippen LogP contribution >= 0.6 is 0 Å². The summed E-state index contributed by atoms with van der Waals surface area (Å²) in [5.41, 5.74) is 3.44. The van der Waals surface area contributed by atoms with Gasteiger partial charge in [-0.2, -0.15) is 0 Å². The van der Waals surface area contributed by atoms with Crippen molar-refractivity contribution in [1.29, 1.82) is 0 Å². The van der Waals surface area contributed by atoms with Crippen LogP contribution in [-0.4, -0.2) is 23.4 Å². The van der Waals surface area contributed by atoms with Crippen LogP contribution in [0.2, 0.25) is 0 Å². The first-order chi connectivity index (χ1) is 11.8. The van der Waals surface area contributed by atoms with E-state index >= 15 is 0 Å². The van der Waals surface area contributed by atoms with Crippen molar-refractivity contribution in [2.75, 3.05) is 6.61 Å². The maximum absolute atomic E-state index is 11.6. The topological polar surface area (TPSA) is 43.6 Å². The highest BCUT2D eigenvalue weighted by Crippen LogP contribution is 2.15. The van der Waals surface area contributed by atoms with Gasteiger partial charge in [0.15, 0.2) is 0 Å². The smallest absolute Gasteiger partial charge is 0.338 e. The summed E-state index contributed by atoms with van der Waals surface area (Å²) in [4.78, 5) is 16.0. The minimum atomic E-state index is -0.312. The monoisotopic (exact) mass is 318 g/mol. The number of hydrogen-bond donors (Lipinski definition) is 0. The van der Waals surface area contributed by atoms with Crippen LogP contribution in [0.15, 0.2) is 78.0 Å². The SMILES string of the molecule is CCOC(=O)c1ccc(N=Cc2ccn(-c3ccccc3)c2)cc1. The van der Waals surface area contributed by atoms with Gasteiger partial charge < -0.3 is 9.30 Å². The first-order valence-electron chi connectivity index (χ1n) is 7.81. The lowest BCUT2D eigenvalue weighted by atomic mass is 10.2. The molecule has 0 saturated heterocycles. The zero-order valence-corrected chi connectivity index (χ0v) is 13.4. The molecule has 3 aromatic rings. The Labute approximate surface area is 141 Å². The second-order valence-corrected chi connectivity index (χ2v) is 5.21. The largest absolute Gasteiger partial charge is 0.462 e. The van der Waals surface area contributed by atoms with Crippen molar-refractivity contribution in [3.8, 4) is 5.69 Å². The second-order valence-electron chi connectivity index (χ2n) is 5.21. The Balaban J connectivity index is 1.70. The molecule has 0 aliphatic carbocycles. The molecule has 3 rings (SSSR count). The van der Waals surface area contributed by atoms with Crippen molar-refractivity contribution in [3.05, 3.63) is 84.2 Å². The van der Waals surface area contributed by atoms with E-state index in [1.54, 1.807) is 37.4 Å². The molecule has 0 radical (unpaired) electrons. The van der Waals surface area contributed by atoms with Crippen LogP contribution in [-0.2, 0) is 4.74 Å². The lowest BCUT2D eigenvalue weighted by Crippen LogP contribution is -2.03. The number of carbonyl (C=O) groups excluding carboxylic acids is 1. The number of ether oxygens (including phenoxy) is 1. The van der Waals surface area contributed by atoms with Crippen LogP contribution in [0.4, 0.5) is 5.69 Å². The van der Waals surface area contributed by atoms with Gasteiger partial charge in [-0.15, -0.1) is 0 Å². The average Bonchev–Trinajstić information content (AvgIpc) is 3.10. The molecular formula is C20H18N2O2. The number of nitrogens with zero attached hydrogens (tertiary/aromatic N) is 2. The van der Waals surface area contributed by atoms with E-state index in [0.29, 0.717) is 12.2 Å². The van der Waals surface area contributed by atoms with Crippen molar-refractivity contribution >= 4 is 17.9 Å². The third-order valence-corrected chi connectivity index (χ3v) is 3.51. The van der Waals surface area contributed by atoms with Crippen LogP contribution in [0.1, 0.15) is 22.8 Å². The fraction of sp³-hybridized carbons (Fsp3) is 0.100. The number of esters is 1. The number of aromatic nitrogens is 1. The van der Waals surface area contributed by atoms with E-state index in [-0.39, 0.29) is 5.97 Å². The first kappa shape index (κ1) is 15.7. The Morgan fingerprint density at radius 1 is 1.08 bits per heavy atom. The molecule has 0 spiro atoms. The molecule has 2 aromatic carbocycles. The molecule has 1 heterocycles. The number of rotatable bonds is 5. The van der Waals surface area contributed by atoms with Crippen LogP contribution in [0.25, 0.3) is 5.69 Å². The fourth-order valence-electron chi connectivity index (χ4n) is 2.30. The van der Waals surface area contributed by atoms with Gasteiger partial charge in [-0.1, -0.05) is 18.2 Å². The average molecular weight is 318 g/mol. The number of hydrogen-bond acceptors (Lipinski definition) is 3. The molecule has 0 atom stereocenters. The van der Waals surface area contributed by atoms with Gasteiger partial charge in [-0.3, -0.25) is 4.99 Å². The number of para-hydroxylation sites is 1. The third-order valence-electron chi connectivity index (χ3n) is 3.51. The quantitative estimate of drug-likeness (QED) is 0.517. The minimum Gasteiger partial charge on any atom is -0.462 e. The predicted molar refractivity (Wildman–Crippen MR) is 95.4 cm³/mol. The Morgan fingerprint density at radius 2 is 1.83 bits per heavy atom. The lowest BCUT2D eigenvalue weighted by molar-refractivity contribution is 0.0526. The van der Waals surface area contributed by atoms with Crippen LogP contribution in [0.3, 0.4) is 0 Å². The summed E-state index contributed by atoms with van der Waals surface area (Å²) < 4.78 is 7.01. The van der Waals surface area contributed by atoms with Gasteiger partial charge >= 0.3 is 5.97 Å². The maximum Gasteiger partial charge on any atom is 0.338 e. The van der Waals surface area contributed by atoms with Crippen LogP contribution in [0, 0.1) is 0 Å². The molecule has 0 unspecified atom stereocenters. The highest BCUT2D eigenvalue weighted by Gasteiger charge is 2.05. The summed E-state index contributed by atoms with van der Waals surface area (Å²) in [6, 6.07) is 19.2. The highest BCUT2D eigenvalue weighted by atomic mass is 16.5. The molecule has 0 N–H and O–H groups in total. The van der Waals surface area contributed by atoms with Gasteiger partial charge in [0.1, 0.15) is 0 Å². The summed E-state index contributed by atoms with van der Waals surface area (Å²) in [5.74, 6) is -0.312. The van der Waals surface area contributed by atoms with Gasteiger partial charge in [0, 0.05) is 29.9 Å². The van der Waals surface area contributed by atoms with E-state index in [2.05, 4.69) is 17.1 Å². The number of benzene rings is 2. The molecular weight excluding hydrogens is 300 g/mol. The lowest BCUT2D eigenvalue weighted by Gasteiger charge is -2.01. The van der Waals surface area contributed by atoms with Gasteiger partial charge in [-0.25, -0.2) is 4.79 Å². The molecule has 0 saturated carbocycles. The summed E-state index contributed by atoms with van der Waals surface area (Å²) in [7, 11) is 0. The van der Waals surface area contributed by atoms with Crippen molar-refractivity contribution in [2.45, 2.75) is 6.92 Å². The summed E-state index contributed by atoms with van der Waals surface area (Å²) in [6.07, 6.45) is 5.82. The molecule has 0 amide bonds. The standard InChI is InChI=1S/C20H18N2O2/c1-2-24-20(23)17-8-10-18(11-9-17)21-14-16-12-13-22(15-16)19-6-4-3-5-7-19/h3-15H,2H2,1H3. The maximum atomic E-state index is 11.6. The molecule has 1 aromatic heterocycles. The predicted octanol–water partition coefficient (Wildman–Crippen LogP) is 4.40. The van der Waals surface area contributed by atoms with E-state index < -0.39 is 0 Å². The number of carbonyl (C=O) groups is 1. The van der Waals surface area contributed by atoms with Gasteiger partial charge in [0.25, 0.3) is 0 Å². The Bertz CT molecular complexity index is 834. The molecule has 0 aliphatic heterocycles. The zero-order chi connectivity index (χ0) is 16.8. The molecule has 4 heteroatoms. The normalized spacial score (nSPS) is 10.9. The summed E-state index contributed by atoms with van der Waals surface area (Å²) in [5, 5.41) is 0. The summed E-state index contributed by atoms with van der Waals surface area (Å²) in [6.45, 7) is 2.16. The van der Waals surface area contributed by atoms with Gasteiger partial charge in [0.2, 0.25) is 0 Å². The van der Waals surface area contributed by atoms with Crippen LogP contribution < -0.4 is 0 Å². The Morgan fingerprint density at radius 3 is 2.54 bits per heavy atom. The van der Waals surface area contributed by atoms with E-state index in [1.807, 2.05) is 41.2 Å². The molecule has 120 valence electrons. The van der Waals surface area contributed by atoms with E-state index in [0.717, 1.165) is 16.9 Å². The molecule has 0 fully saturated rings. The van der Waals surface area contributed by atoms with Crippen molar-refractivity contribution in [3.63, 3.8) is 0 Å². The van der Waals surface area contributed by atoms with Crippen LogP contribution in [0.5, 0.6) is 0 Å². The van der Waals surface area contributed by atoms with Crippen molar-refractivity contribution < 1.29 is 9.53 Å². The highest BCUT2D eigenvalue weighted by molar-refractivity contribution is 5.90. The van der Waals surface area contributed by atoms with E-state index in [4.69, 9.17) is 4.74 Å². The third kappa shape index (κ3) is 3.79. The number of aliphatic imine (C=N–C) groups is 1.